The van der Waals surface area contributed by atoms with E-state index in [-0.39, 0.29) is 6.17 Å². The molecule has 0 aliphatic heterocycles. The van der Waals surface area contributed by atoms with Crippen molar-refractivity contribution < 1.29 is 4.57 Å². The van der Waals surface area contributed by atoms with Gasteiger partial charge >= 0.3 is 0 Å². The van der Waals surface area contributed by atoms with E-state index in [1.165, 1.54) is 0 Å². The Morgan fingerprint density at radius 3 is 2.60 bits per heavy atom. The van der Waals surface area contributed by atoms with Gasteiger partial charge in [-0.2, -0.15) is 0 Å². The smallest absolute Gasteiger partial charge is 0.245 e. The van der Waals surface area contributed by atoms with Crippen molar-refractivity contribution in [1.82, 2.24) is 4.57 Å². The topological polar surface area (TPSA) is 20.8 Å². The number of imidazole rings is 1. The molecule has 0 fully saturated rings. The van der Waals surface area contributed by atoms with Crippen molar-refractivity contribution in [3.63, 3.8) is 0 Å². The maximum Gasteiger partial charge on any atom is 0.245 e. The van der Waals surface area contributed by atoms with Crippen LogP contribution in [0.1, 0.15) is 13.1 Å². The molecule has 0 saturated heterocycles. The SMILES string of the molecule is CC(Nc1ccccc1)n1cc[n+](C)c1. The lowest BCUT2D eigenvalue weighted by atomic mass is 10.3. The second-order valence-electron chi connectivity index (χ2n) is 3.71. The molecular weight excluding hydrogens is 186 g/mol. The molecule has 15 heavy (non-hydrogen) atoms. The van der Waals surface area contributed by atoms with Crippen LogP contribution in [0.25, 0.3) is 0 Å². The third-order valence-electron chi connectivity index (χ3n) is 2.39. The van der Waals surface area contributed by atoms with Gasteiger partial charge in [0.15, 0.2) is 6.17 Å². The van der Waals surface area contributed by atoms with Crippen LogP contribution in [-0.2, 0) is 7.05 Å². The van der Waals surface area contributed by atoms with Gasteiger partial charge in [0.05, 0.1) is 7.05 Å². The monoisotopic (exact) mass is 202 g/mol. The van der Waals surface area contributed by atoms with E-state index in [1.807, 2.05) is 36.0 Å². The number of aromatic nitrogens is 2. The summed E-state index contributed by atoms with van der Waals surface area (Å²) in [5, 5.41) is 3.42. The maximum absolute atomic E-state index is 3.42. The summed E-state index contributed by atoms with van der Waals surface area (Å²) in [6.07, 6.45) is 6.40. The van der Waals surface area contributed by atoms with Crippen LogP contribution >= 0.6 is 0 Å². The molecule has 0 amide bonds. The summed E-state index contributed by atoms with van der Waals surface area (Å²) in [5.41, 5.74) is 1.14. The van der Waals surface area contributed by atoms with Crippen LogP contribution in [0.5, 0.6) is 0 Å². The Labute approximate surface area is 90.0 Å². The Kier molecular flexibility index (Phi) is 2.72. The molecule has 1 atom stereocenters. The van der Waals surface area contributed by atoms with Crippen LogP contribution in [0.3, 0.4) is 0 Å². The number of hydrogen-bond donors (Lipinski definition) is 1. The Bertz CT molecular complexity index is 419. The maximum atomic E-state index is 3.42. The molecule has 1 heterocycles. The van der Waals surface area contributed by atoms with E-state index in [2.05, 4.69) is 41.5 Å². The summed E-state index contributed by atoms with van der Waals surface area (Å²) < 4.78 is 4.16. The van der Waals surface area contributed by atoms with Gasteiger partial charge in [0.2, 0.25) is 6.33 Å². The van der Waals surface area contributed by atoms with E-state index < -0.39 is 0 Å². The first-order valence-corrected chi connectivity index (χ1v) is 5.10. The van der Waals surface area contributed by atoms with E-state index in [0.717, 1.165) is 5.69 Å². The lowest BCUT2D eigenvalue weighted by Gasteiger charge is -2.11. The van der Waals surface area contributed by atoms with Crippen LogP contribution in [0, 0.1) is 0 Å². The number of anilines is 1. The van der Waals surface area contributed by atoms with E-state index in [9.17, 15) is 0 Å². The first-order valence-electron chi connectivity index (χ1n) is 5.10. The number of aryl methyl sites for hydroxylation is 1. The number of benzene rings is 1. The van der Waals surface area contributed by atoms with E-state index in [1.54, 1.807) is 0 Å². The van der Waals surface area contributed by atoms with Gasteiger partial charge in [0.25, 0.3) is 0 Å². The zero-order chi connectivity index (χ0) is 10.7. The Balaban J connectivity index is 2.07. The summed E-state index contributed by atoms with van der Waals surface area (Å²) in [6.45, 7) is 2.13. The van der Waals surface area contributed by atoms with Gasteiger partial charge < -0.3 is 5.32 Å². The van der Waals surface area contributed by atoms with Crippen molar-refractivity contribution in [3.05, 3.63) is 49.1 Å². The Hall–Kier alpha value is -1.77. The van der Waals surface area contributed by atoms with Gasteiger partial charge in [-0.1, -0.05) is 18.2 Å². The van der Waals surface area contributed by atoms with Gasteiger partial charge in [-0.15, -0.1) is 0 Å². The summed E-state index contributed by atoms with van der Waals surface area (Å²) in [6, 6.07) is 10.2. The van der Waals surface area contributed by atoms with Gasteiger partial charge in [-0.05, 0) is 19.1 Å². The molecule has 1 aromatic carbocycles. The lowest BCUT2D eigenvalue weighted by molar-refractivity contribution is -0.671. The summed E-state index contributed by atoms with van der Waals surface area (Å²) in [4.78, 5) is 0. The van der Waals surface area contributed by atoms with Crippen molar-refractivity contribution >= 4 is 5.69 Å². The molecule has 2 rings (SSSR count). The van der Waals surface area contributed by atoms with Crippen molar-refractivity contribution in [3.8, 4) is 0 Å². The van der Waals surface area contributed by atoms with Crippen molar-refractivity contribution in [2.75, 3.05) is 5.32 Å². The van der Waals surface area contributed by atoms with Gasteiger partial charge in [0, 0.05) is 5.69 Å². The average Bonchev–Trinajstić information content (AvgIpc) is 2.66. The molecule has 1 aromatic heterocycles. The largest absolute Gasteiger partial charge is 0.347 e. The fourth-order valence-electron chi connectivity index (χ4n) is 1.55. The van der Waals surface area contributed by atoms with E-state index >= 15 is 0 Å². The molecule has 0 aliphatic rings. The average molecular weight is 202 g/mol. The number of hydrogen-bond acceptors (Lipinski definition) is 1. The van der Waals surface area contributed by atoms with E-state index in [0.29, 0.717) is 0 Å². The molecule has 2 aromatic rings. The minimum Gasteiger partial charge on any atom is -0.347 e. The molecule has 3 nitrogen and oxygen atoms in total. The predicted molar refractivity (Wildman–Crippen MR) is 60.4 cm³/mol. The third kappa shape index (κ3) is 2.37. The second kappa shape index (κ2) is 4.17. The summed E-state index contributed by atoms with van der Waals surface area (Å²) in [7, 11) is 2.02. The molecule has 0 saturated carbocycles. The second-order valence-corrected chi connectivity index (χ2v) is 3.71. The highest BCUT2D eigenvalue weighted by molar-refractivity contribution is 5.42. The van der Waals surface area contributed by atoms with E-state index in [4.69, 9.17) is 0 Å². The predicted octanol–water partition coefficient (Wildman–Crippen LogP) is 1.94. The quantitative estimate of drug-likeness (QED) is 0.754. The number of nitrogens with one attached hydrogen (secondary N) is 1. The molecule has 0 radical (unpaired) electrons. The van der Waals surface area contributed by atoms with Crippen LogP contribution in [0.2, 0.25) is 0 Å². The Morgan fingerprint density at radius 1 is 1.27 bits per heavy atom. The van der Waals surface area contributed by atoms with Crippen LogP contribution in [0.15, 0.2) is 49.1 Å². The normalized spacial score (nSPS) is 12.4. The van der Waals surface area contributed by atoms with Crippen LogP contribution < -0.4 is 9.88 Å². The highest BCUT2D eigenvalue weighted by Crippen LogP contribution is 2.11. The number of nitrogens with zero attached hydrogens (tertiary/aromatic N) is 2. The van der Waals surface area contributed by atoms with Crippen LogP contribution in [0.4, 0.5) is 5.69 Å². The third-order valence-corrected chi connectivity index (χ3v) is 2.39. The standard InChI is InChI=1S/C12H16N3/c1-11(15-9-8-14(2)10-15)13-12-6-4-3-5-7-12/h3-11,13H,1-2H3/q+1. The molecule has 0 spiro atoms. The molecule has 78 valence electrons. The minimum atomic E-state index is 0.258. The van der Waals surface area contributed by atoms with Crippen LogP contribution in [-0.4, -0.2) is 4.57 Å². The molecule has 3 heteroatoms. The highest BCUT2D eigenvalue weighted by Gasteiger charge is 2.08. The minimum absolute atomic E-state index is 0.258. The fourth-order valence-corrected chi connectivity index (χ4v) is 1.55. The fraction of sp³-hybridized carbons (Fsp3) is 0.250. The molecule has 0 bridgehead atoms. The van der Waals surface area contributed by atoms with Gasteiger partial charge in [-0.3, -0.25) is 0 Å². The van der Waals surface area contributed by atoms with Gasteiger partial charge in [0.1, 0.15) is 12.4 Å². The molecule has 1 unspecified atom stereocenters. The van der Waals surface area contributed by atoms with Crippen molar-refractivity contribution in [1.29, 1.82) is 0 Å². The lowest BCUT2D eigenvalue weighted by Crippen LogP contribution is -2.25. The summed E-state index contributed by atoms with van der Waals surface area (Å²) >= 11 is 0. The first kappa shape index (κ1) is 9.77. The zero-order valence-electron chi connectivity index (χ0n) is 9.09. The van der Waals surface area contributed by atoms with Crippen molar-refractivity contribution in [2.45, 2.75) is 13.1 Å². The van der Waals surface area contributed by atoms with Crippen molar-refractivity contribution in [2.24, 2.45) is 7.05 Å². The molecule has 1 N–H and O–H groups in total. The van der Waals surface area contributed by atoms with Gasteiger partial charge in [-0.25, -0.2) is 9.13 Å². The highest BCUT2D eigenvalue weighted by atomic mass is 15.2. The number of para-hydroxylation sites is 1. The zero-order valence-corrected chi connectivity index (χ0v) is 9.09. The first-order chi connectivity index (χ1) is 7.25. The Morgan fingerprint density at radius 2 is 2.00 bits per heavy atom. The molecular formula is C12H16N3+. The molecule has 0 aliphatic carbocycles. The summed E-state index contributed by atoms with van der Waals surface area (Å²) in [5.74, 6) is 0. The number of rotatable bonds is 3.